The molecule has 0 aliphatic heterocycles. The summed E-state index contributed by atoms with van der Waals surface area (Å²) in [6.45, 7) is 0. The Morgan fingerprint density at radius 1 is 0.900 bits per heavy atom. The second-order valence-corrected chi connectivity index (χ2v) is 2.69. The Labute approximate surface area is 61.6 Å². The molecular formula is C8H14N2. The van der Waals surface area contributed by atoms with Crippen molar-refractivity contribution in [2.45, 2.75) is 25.7 Å². The van der Waals surface area contributed by atoms with Crippen molar-refractivity contribution in [3.8, 4) is 0 Å². The van der Waals surface area contributed by atoms with E-state index in [1.54, 1.807) is 0 Å². The monoisotopic (exact) mass is 138 g/mol. The van der Waals surface area contributed by atoms with Crippen LogP contribution in [0, 0.1) is 0 Å². The van der Waals surface area contributed by atoms with E-state index in [0.717, 1.165) is 37.1 Å². The molecular weight excluding hydrogens is 124 g/mol. The van der Waals surface area contributed by atoms with Crippen molar-refractivity contribution in [2.24, 2.45) is 11.5 Å². The zero-order chi connectivity index (χ0) is 7.40. The van der Waals surface area contributed by atoms with E-state index in [0.29, 0.717) is 0 Å². The number of nitrogens with two attached hydrogens (primary N) is 2. The van der Waals surface area contributed by atoms with Gasteiger partial charge < -0.3 is 11.5 Å². The van der Waals surface area contributed by atoms with Gasteiger partial charge in [0, 0.05) is 11.4 Å². The summed E-state index contributed by atoms with van der Waals surface area (Å²) in [4.78, 5) is 0. The summed E-state index contributed by atoms with van der Waals surface area (Å²) in [5.41, 5.74) is 13.1. The Bertz CT molecular complexity index is 148. The lowest BCUT2D eigenvalue weighted by Gasteiger charge is -2.05. The van der Waals surface area contributed by atoms with Crippen LogP contribution in [0.15, 0.2) is 23.5 Å². The molecule has 2 nitrogen and oxygen atoms in total. The van der Waals surface area contributed by atoms with Gasteiger partial charge in [-0.2, -0.15) is 0 Å². The molecule has 0 amide bonds. The van der Waals surface area contributed by atoms with Crippen LogP contribution in [0.4, 0.5) is 0 Å². The molecule has 1 aliphatic carbocycles. The van der Waals surface area contributed by atoms with Gasteiger partial charge in [0.05, 0.1) is 0 Å². The smallest absolute Gasteiger partial charge is 0.00811 e. The van der Waals surface area contributed by atoms with Gasteiger partial charge in [-0.25, -0.2) is 0 Å². The van der Waals surface area contributed by atoms with Gasteiger partial charge in [-0.05, 0) is 37.8 Å². The first-order chi connectivity index (χ1) is 4.79. The van der Waals surface area contributed by atoms with Crippen molar-refractivity contribution in [3.05, 3.63) is 23.5 Å². The van der Waals surface area contributed by atoms with Crippen molar-refractivity contribution in [1.82, 2.24) is 0 Å². The maximum absolute atomic E-state index is 5.63. The zero-order valence-corrected chi connectivity index (χ0v) is 6.14. The molecule has 0 fully saturated rings. The van der Waals surface area contributed by atoms with Crippen LogP contribution >= 0.6 is 0 Å². The van der Waals surface area contributed by atoms with Crippen LogP contribution in [0.25, 0.3) is 0 Å². The molecule has 0 aromatic heterocycles. The first-order valence-corrected chi connectivity index (χ1v) is 3.70. The summed E-state index contributed by atoms with van der Waals surface area (Å²) in [5.74, 6) is 0. The minimum absolute atomic E-state index is 0.947. The highest BCUT2D eigenvalue weighted by molar-refractivity contribution is 5.15. The molecule has 4 N–H and O–H groups in total. The van der Waals surface area contributed by atoms with Crippen molar-refractivity contribution >= 4 is 0 Å². The lowest BCUT2D eigenvalue weighted by atomic mass is 10.1. The van der Waals surface area contributed by atoms with E-state index in [4.69, 9.17) is 11.5 Å². The maximum atomic E-state index is 5.63. The maximum Gasteiger partial charge on any atom is 0.00811 e. The van der Waals surface area contributed by atoms with E-state index in [1.807, 2.05) is 12.2 Å². The SMILES string of the molecule is NC1=CC=C(N)CCCC1. The first-order valence-electron chi connectivity index (χ1n) is 3.70. The van der Waals surface area contributed by atoms with Gasteiger partial charge >= 0.3 is 0 Å². The number of hydrogen-bond donors (Lipinski definition) is 2. The van der Waals surface area contributed by atoms with Crippen LogP contribution in [0.1, 0.15) is 25.7 Å². The lowest BCUT2D eigenvalue weighted by Crippen LogP contribution is -2.02. The van der Waals surface area contributed by atoms with Gasteiger partial charge in [0.15, 0.2) is 0 Å². The third-order valence-corrected chi connectivity index (χ3v) is 1.69. The van der Waals surface area contributed by atoms with Crippen LogP contribution in [-0.2, 0) is 0 Å². The normalized spacial score (nSPS) is 20.4. The second-order valence-electron chi connectivity index (χ2n) is 2.69. The molecule has 10 heavy (non-hydrogen) atoms. The number of rotatable bonds is 0. The predicted octanol–water partition coefficient (Wildman–Crippen LogP) is 1.25. The predicted molar refractivity (Wildman–Crippen MR) is 43.0 cm³/mol. The summed E-state index contributed by atoms with van der Waals surface area (Å²) in [5, 5.41) is 0. The number of allylic oxidation sites excluding steroid dienone is 4. The molecule has 1 aliphatic rings. The highest BCUT2D eigenvalue weighted by atomic mass is 14.6. The average Bonchev–Trinajstić information content (AvgIpc) is 1.90. The molecule has 0 spiro atoms. The Hall–Kier alpha value is -0.920. The molecule has 0 heterocycles. The van der Waals surface area contributed by atoms with Crippen LogP contribution in [-0.4, -0.2) is 0 Å². The first kappa shape index (κ1) is 7.19. The average molecular weight is 138 g/mol. The zero-order valence-electron chi connectivity index (χ0n) is 6.14. The molecule has 0 aromatic rings. The van der Waals surface area contributed by atoms with Gasteiger partial charge in [0.25, 0.3) is 0 Å². The van der Waals surface area contributed by atoms with Gasteiger partial charge in [-0.3, -0.25) is 0 Å². The molecule has 0 atom stereocenters. The van der Waals surface area contributed by atoms with Crippen molar-refractivity contribution in [2.75, 3.05) is 0 Å². The van der Waals surface area contributed by atoms with Gasteiger partial charge in [-0.15, -0.1) is 0 Å². The van der Waals surface area contributed by atoms with E-state index in [-0.39, 0.29) is 0 Å². The fraction of sp³-hybridized carbons (Fsp3) is 0.500. The third kappa shape index (κ3) is 2.13. The van der Waals surface area contributed by atoms with Crippen molar-refractivity contribution < 1.29 is 0 Å². The molecule has 0 radical (unpaired) electrons. The van der Waals surface area contributed by atoms with Gasteiger partial charge in [0.1, 0.15) is 0 Å². The summed E-state index contributed by atoms with van der Waals surface area (Å²) >= 11 is 0. The largest absolute Gasteiger partial charge is 0.402 e. The molecule has 0 aromatic carbocycles. The van der Waals surface area contributed by atoms with E-state index in [1.165, 1.54) is 0 Å². The molecule has 56 valence electrons. The van der Waals surface area contributed by atoms with Crippen molar-refractivity contribution in [3.63, 3.8) is 0 Å². The topological polar surface area (TPSA) is 52.0 Å². The summed E-state index contributed by atoms with van der Waals surface area (Å²) in [7, 11) is 0. The van der Waals surface area contributed by atoms with E-state index in [2.05, 4.69) is 0 Å². The summed E-state index contributed by atoms with van der Waals surface area (Å²) < 4.78 is 0. The Morgan fingerprint density at radius 2 is 1.30 bits per heavy atom. The number of hydrogen-bond acceptors (Lipinski definition) is 2. The van der Waals surface area contributed by atoms with E-state index >= 15 is 0 Å². The van der Waals surface area contributed by atoms with Crippen LogP contribution < -0.4 is 11.5 Å². The Balaban J connectivity index is 2.61. The molecule has 2 heteroatoms. The van der Waals surface area contributed by atoms with Crippen LogP contribution in [0.5, 0.6) is 0 Å². The molecule has 0 saturated carbocycles. The lowest BCUT2D eigenvalue weighted by molar-refractivity contribution is 0.711. The summed E-state index contributed by atoms with van der Waals surface area (Å²) in [6, 6.07) is 0. The third-order valence-electron chi connectivity index (χ3n) is 1.69. The van der Waals surface area contributed by atoms with Crippen LogP contribution in [0.2, 0.25) is 0 Å². The Morgan fingerprint density at radius 3 is 1.70 bits per heavy atom. The minimum Gasteiger partial charge on any atom is -0.402 e. The molecule has 0 bridgehead atoms. The fourth-order valence-electron chi connectivity index (χ4n) is 1.04. The molecule has 0 unspecified atom stereocenters. The van der Waals surface area contributed by atoms with Crippen LogP contribution in [0.3, 0.4) is 0 Å². The van der Waals surface area contributed by atoms with E-state index in [9.17, 15) is 0 Å². The van der Waals surface area contributed by atoms with E-state index < -0.39 is 0 Å². The Kier molecular flexibility index (Phi) is 2.37. The van der Waals surface area contributed by atoms with Gasteiger partial charge in [-0.1, -0.05) is 0 Å². The summed E-state index contributed by atoms with van der Waals surface area (Å²) in [6.07, 6.45) is 8.18. The highest BCUT2D eigenvalue weighted by Gasteiger charge is 1.96. The quantitative estimate of drug-likeness (QED) is 0.529. The minimum atomic E-state index is 0.947. The van der Waals surface area contributed by atoms with Gasteiger partial charge in [0.2, 0.25) is 0 Å². The van der Waals surface area contributed by atoms with Crippen molar-refractivity contribution in [1.29, 1.82) is 0 Å². The standard InChI is InChI=1S/C8H14N2/c9-7-3-1-2-4-8(10)6-5-7/h5-6H,1-4,9-10H2. The highest BCUT2D eigenvalue weighted by Crippen LogP contribution is 2.11. The second kappa shape index (κ2) is 3.30. The molecule has 0 saturated heterocycles. The molecule has 1 rings (SSSR count). The fourth-order valence-corrected chi connectivity index (χ4v) is 1.04.